The molecule has 0 radical (unpaired) electrons. The van der Waals surface area contributed by atoms with Crippen molar-refractivity contribution in [2.24, 2.45) is 0 Å². The normalized spacial score (nSPS) is 19.6. The third-order valence-electron chi connectivity index (χ3n) is 6.39. The Labute approximate surface area is 241 Å². The predicted octanol–water partition coefficient (Wildman–Crippen LogP) is 4.88. The molecule has 0 N–H and O–H groups in total. The first kappa shape index (κ1) is 28.3. The zero-order valence-corrected chi connectivity index (χ0v) is 22.2. The number of ether oxygens (including phenoxy) is 5. The minimum absolute atomic E-state index is 0.196. The number of carbonyl (C=O) groups is 4. The first-order valence-corrected chi connectivity index (χ1v) is 13.2. The van der Waals surface area contributed by atoms with E-state index in [0.717, 1.165) is 0 Å². The Kier molecular flexibility index (Phi) is 9.00. The van der Waals surface area contributed by atoms with Crippen LogP contribution in [-0.4, -0.2) is 55.1 Å². The van der Waals surface area contributed by atoms with Gasteiger partial charge < -0.3 is 23.7 Å². The maximum Gasteiger partial charge on any atom is 0.340 e. The average molecular weight is 567 g/mol. The van der Waals surface area contributed by atoms with Gasteiger partial charge in [0.25, 0.3) is 0 Å². The van der Waals surface area contributed by atoms with Crippen molar-refractivity contribution in [2.75, 3.05) is 6.61 Å². The lowest BCUT2D eigenvalue weighted by atomic mass is 10.0. The lowest BCUT2D eigenvalue weighted by molar-refractivity contribution is -0.250. The van der Waals surface area contributed by atoms with Crippen molar-refractivity contribution in [3.8, 4) is 0 Å². The van der Waals surface area contributed by atoms with Gasteiger partial charge in [0.05, 0.1) is 28.9 Å². The molecule has 1 heterocycles. The molecule has 4 aromatic rings. The molecule has 1 fully saturated rings. The van der Waals surface area contributed by atoms with E-state index in [2.05, 4.69) is 0 Å². The predicted molar refractivity (Wildman–Crippen MR) is 149 cm³/mol. The molecular weight excluding hydrogens is 540 g/mol. The van der Waals surface area contributed by atoms with Gasteiger partial charge in [-0.15, -0.1) is 0 Å². The van der Waals surface area contributed by atoms with Crippen LogP contribution in [-0.2, 0) is 23.7 Å². The molecule has 2 unspecified atom stereocenters. The van der Waals surface area contributed by atoms with Crippen molar-refractivity contribution in [3.05, 3.63) is 144 Å². The maximum absolute atomic E-state index is 13.2. The van der Waals surface area contributed by atoms with Gasteiger partial charge >= 0.3 is 23.9 Å². The quantitative estimate of drug-likeness (QED) is 0.218. The second-order valence-electron chi connectivity index (χ2n) is 9.25. The molecule has 4 atom stereocenters. The summed E-state index contributed by atoms with van der Waals surface area (Å²) in [6.45, 7) is -0.322. The van der Waals surface area contributed by atoms with E-state index in [4.69, 9.17) is 23.7 Å². The Balaban J connectivity index is 1.48. The van der Waals surface area contributed by atoms with Crippen LogP contribution in [0.25, 0.3) is 0 Å². The van der Waals surface area contributed by atoms with Crippen LogP contribution in [0.5, 0.6) is 0 Å². The Bertz CT molecular complexity index is 1390. The molecule has 9 nitrogen and oxygen atoms in total. The standard InChI is InChI=1S/C33H26O9/c34-29(22-13-5-1-6-14-22)39-26-21-38-33(42-32(37)25-19-11-4-12-20-25)28(41-31(36)24-17-9-3-10-18-24)27(26)40-30(35)23-15-7-2-8-16-23/h1-20,26-28,33H,21H2/t26-,27?,28?,33-/m0/s1. The summed E-state index contributed by atoms with van der Waals surface area (Å²) >= 11 is 0. The second-order valence-corrected chi connectivity index (χ2v) is 9.25. The minimum Gasteiger partial charge on any atom is -0.452 e. The van der Waals surface area contributed by atoms with E-state index in [1.165, 1.54) is 12.1 Å². The van der Waals surface area contributed by atoms with E-state index in [1.54, 1.807) is 109 Å². The third-order valence-corrected chi connectivity index (χ3v) is 6.39. The Morgan fingerprint density at radius 3 is 1.19 bits per heavy atom. The number of hydrogen-bond acceptors (Lipinski definition) is 9. The molecule has 0 spiro atoms. The van der Waals surface area contributed by atoms with Gasteiger partial charge in [-0.05, 0) is 48.5 Å². The molecule has 0 amide bonds. The van der Waals surface area contributed by atoms with Gasteiger partial charge in [0.15, 0.2) is 12.2 Å². The van der Waals surface area contributed by atoms with Crippen LogP contribution in [0.4, 0.5) is 0 Å². The highest BCUT2D eigenvalue weighted by Gasteiger charge is 2.50. The smallest absolute Gasteiger partial charge is 0.340 e. The molecule has 5 rings (SSSR count). The van der Waals surface area contributed by atoms with Crippen molar-refractivity contribution >= 4 is 23.9 Å². The van der Waals surface area contributed by atoms with Crippen LogP contribution in [0.1, 0.15) is 41.4 Å². The fourth-order valence-corrected chi connectivity index (χ4v) is 4.27. The minimum atomic E-state index is -1.50. The third kappa shape index (κ3) is 6.89. The SMILES string of the molecule is O=C(OC1C(OC(=O)c2ccccc2)[C@@H](OC(=O)c2ccccc2)CO[C@H]1OC(=O)c1ccccc1)c1ccccc1. The topological polar surface area (TPSA) is 114 Å². The molecule has 0 bridgehead atoms. The van der Waals surface area contributed by atoms with Gasteiger partial charge in [-0.25, -0.2) is 19.2 Å². The highest BCUT2D eigenvalue weighted by atomic mass is 16.7. The van der Waals surface area contributed by atoms with E-state index < -0.39 is 48.5 Å². The number of rotatable bonds is 8. The van der Waals surface area contributed by atoms with Gasteiger partial charge in [-0.2, -0.15) is 0 Å². The van der Waals surface area contributed by atoms with Crippen LogP contribution in [0.2, 0.25) is 0 Å². The fraction of sp³-hybridized carbons (Fsp3) is 0.152. The molecule has 1 saturated heterocycles. The highest BCUT2D eigenvalue weighted by molar-refractivity contribution is 5.91. The molecule has 1 aliphatic rings. The Morgan fingerprint density at radius 1 is 0.452 bits per heavy atom. The monoisotopic (exact) mass is 566 g/mol. The molecular formula is C33H26O9. The number of esters is 4. The molecule has 4 aromatic carbocycles. The molecule has 212 valence electrons. The van der Waals surface area contributed by atoms with E-state index in [0.29, 0.717) is 0 Å². The van der Waals surface area contributed by atoms with Crippen LogP contribution in [0.3, 0.4) is 0 Å². The lowest BCUT2D eigenvalue weighted by Crippen LogP contribution is -2.58. The van der Waals surface area contributed by atoms with E-state index >= 15 is 0 Å². The van der Waals surface area contributed by atoms with Crippen molar-refractivity contribution in [2.45, 2.75) is 24.6 Å². The van der Waals surface area contributed by atoms with E-state index in [1.807, 2.05) is 0 Å². The summed E-state index contributed by atoms with van der Waals surface area (Å²) in [4.78, 5) is 52.4. The van der Waals surface area contributed by atoms with Gasteiger partial charge in [0, 0.05) is 0 Å². The van der Waals surface area contributed by atoms with Crippen LogP contribution < -0.4 is 0 Å². The number of benzene rings is 4. The van der Waals surface area contributed by atoms with Gasteiger partial charge in [-0.3, -0.25) is 0 Å². The zero-order chi connectivity index (χ0) is 29.3. The van der Waals surface area contributed by atoms with Gasteiger partial charge in [0.1, 0.15) is 0 Å². The van der Waals surface area contributed by atoms with E-state index in [9.17, 15) is 19.2 Å². The van der Waals surface area contributed by atoms with Crippen LogP contribution in [0, 0.1) is 0 Å². The van der Waals surface area contributed by atoms with Gasteiger partial charge in [0.2, 0.25) is 12.4 Å². The molecule has 0 saturated carbocycles. The highest BCUT2D eigenvalue weighted by Crippen LogP contribution is 2.28. The van der Waals surface area contributed by atoms with Crippen LogP contribution >= 0.6 is 0 Å². The molecule has 0 aromatic heterocycles. The second kappa shape index (κ2) is 13.4. The van der Waals surface area contributed by atoms with Crippen molar-refractivity contribution in [3.63, 3.8) is 0 Å². The molecule has 1 aliphatic heterocycles. The largest absolute Gasteiger partial charge is 0.452 e. The molecule has 9 heteroatoms. The zero-order valence-electron chi connectivity index (χ0n) is 22.2. The first-order chi connectivity index (χ1) is 20.5. The summed E-state index contributed by atoms with van der Waals surface area (Å²) < 4.78 is 28.7. The van der Waals surface area contributed by atoms with Crippen molar-refractivity contribution in [1.82, 2.24) is 0 Å². The summed E-state index contributed by atoms with van der Waals surface area (Å²) in [6, 6.07) is 32.6. The lowest BCUT2D eigenvalue weighted by Gasteiger charge is -2.40. The van der Waals surface area contributed by atoms with E-state index in [-0.39, 0.29) is 28.9 Å². The van der Waals surface area contributed by atoms with Crippen molar-refractivity contribution in [1.29, 1.82) is 0 Å². The Morgan fingerprint density at radius 2 is 0.786 bits per heavy atom. The van der Waals surface area contributed by atoms with Crippen molar-refractivity contribution < 1.29 is 42.9 Å². The first-order valence-electron chi connectivity index (χ1n) is 13.2. The average Bonchev–Trinajstić information content (AvgIpc) is 3.05. The fourth-order valence-electron chi connectivity index (χ4n) is 4.27. The molecule has 42 heavy (non-hydrogen) atoms. The summed E-state index contributed by atoms with van der Waals surface area (Å²) in [5, 5.41) is 0. The summed E-state index contributed by atoms with van der Waals surface area (Å²) in [7, 11) is 0. The Hall–Kier alpha value is -5.28. The summed E-state index contributed by atoms with van der Waals surface area (Å²) in [6.07, 6.45) is -5.61. The summed E-state index contributed by atoms with van der Waals surface area (Å²) in [5.74, 6) is -3.02. The number of carbonyl (C=O) groups excluding carboxylic acids is 4. The number of hydrogen-bond donors (Lipinski definition) is 0. The van der Waals surface area contributed by atoms with Gasteiger partial charge in [-0.1, -0.05) is 72.8 Å². The molecule has 0 aliphatic carbocycles. The maximum atomic E-state index is 13.2. The summed E-state index contributed by atoms with van der Waals surface area (Å²) in [5.41, 5.74) is 0.885. The van der Waals surface area contributed by atoms with Crippen LogP contribution in [0.15, 0.2) is 121 Å².